The van der Waals surface area contributed by atoms with Crippen LogP contribution in [0.1, 0.15) is 99.3 Å². The second-order valence-electron chi connectivity index (χ2n) is 19.9. The fraction of sp³-hybridized carbons (Fsp3) is 0.929. The molecule has 14 heteroatoms. The van der Waals surface area contributed by atoms with Crippen molar-refractivity contribution in [3.8, 4) is 0 Å². The lowest BCUT2D eigenvalue weighted by Gasteiger charge is -2.71. The number of hydrogen-bond acceptors (Lipinski definition) is 14. The summed E-state index contributed by atoms with van der Waals surface area (Å²) < 4.78 is 23.8. The van der Waals surface area contributed by atoms with Gasteiger partial charge >= 0.3 is 5.97 Å². The van der Waals surface area contributed by atoms with Crippen molar-refractivity contribution in [3.63, 3.8) is 0 Å². The lowest BCUT2D eigenvalue weighted by Crippen LogP contribution is -2.67. The third kappa shape index (κ3) is 6.05. The third-order valence-electron chi connectivity index (χ3n) is 17.7. The van der Waals surface area contributed by atoms with Crippen LogP contribution in [0.3, 0.4) is 0 Å². The number of carbonyl (C=O) groups excluding carboxylic acids is 1. The van der Waals surface area contributed by atoms with Crippen LogP contribution in [-0.2, 0) is 23.7 Å². The summed E-state index contributed by atoms with van der Waals surface area (Å²) in [5, 5.41) is 94.0. The zero-order valence-corrected chi connectivity index (χ0v) is 33.9. The second kappa shape index (κ2) is 15.0. The molecule has 0 unspecified atom stereocenters. The summed E-state index contributed by atoms with van der Waals surface area (Å²) in [6.07, 6.45) is -6.05. The van der Waals surface area contributed by atoms with Crippen LogP contribution >= 0.6 is 0 Å². The molecule has 14 nitrogen and oxygen atoms in total. The Labute approximate surface area is 330 Å². The van der Waals surface area contributed by atoms with Crippen molar-refractivity contribution in [2.45, 2.75) is 167 Å². The summed E-state index contributed by atoms with van der Waals surface area (Å²) in [7, 11) is 0. The summed E-state index contributed by atoms with van der Waals surface area (Å²) in [4.78, 5) is 14.6. The first-order chi connectivity index (χ1) is 26.3. The highest BCUT2D eigenvalue weighted by Gasteiger charge is 2.70. The quantitative estimate of drug-likeness (QED) is 0.1000. The minimum atomic E-state index is -1.67. The molecule has 56 heavy (non-hydrogen) atoms. The molecule has 0 spiro atoms. The van der Waals surface area contributed by atoms with Gasteiger partial charge in [0.1, 0.15) is 48.8 Å². The lowest BCUT2D eigenvalue weighted by molar-refractivity contribution is -0.333. The smallest absolute Gasteiger partial charge is 0.315 e. The van der Waals surface area contributed by atoms with Crippen molar-refractivity contribution in [2.75, 3.05) is 19.8 Å². The molecule has 0 bridgehead atoms. The molecule has 2 saturated heterocycles. The van der Waals surface area contributed by atoms with Crippen LogP contribution in [0.15, 0.2) is 11.6 Å². The molecule has 320 valence electrons. The van der Waals surface area contributed by atoms with Crippen LogP contribution in [0.25, 0.3) is 0 Å². The molecule has 0 aromatic heterocycles. The van der Waals surface area contributed by atoms with Gasteiger partial charge in [-0.05, 0) is 104 Å². The highest BCUT2D eigenvalue weighted by atomic mass is 16.7. The first-order valence-electron chi connectivity index (χ1n) is 21.1. The maximum Gasteiger partial charge on any atom is 0.315 e. The number of ether oxygens (including phenoxy) is 4. The predicted molar refractivity (Wildman–Crippen MR) is 199 cm³/mol. The molecule has 21 atom stereocenters. The zero-order chi connectivity index (χ0) is 40.9. The van der Waals surface area contributed by atoms with Gasteiger partial charge in [0.05, 0.1) is 31.3 Å². The number of carbonyl (C=O) groups is 1. The van der Waals surface area contributed by atoms with Crippen molar-refractivity contribution in [2.24, 2.45) is 56.7 Å². The van der Waals surface area contributed by atoms with Crippen LogP contribution < -0.4 is 0 Å². The number of hydrogen-bond donors (Lipinski definition) is 9. The topological polar surface area (TPSA) is 236 Å². The Balaban J connectivity index is 1.18. The van der Waals surface area contributed by atoms with E-state index in [0.29, 0.717) is 25.2 Å². The van der Waals surface area contributed by atoms with E-state index in [1.807, 2.05) is 6.92 Å². The Morgan fingerprint density at radius 2 is 1.34 bits per heavy atom. The van der Waals surface area contributed by atoms with Gasteiger partial charge in [0, 0.05) is 5.41 Å². The van der Waals surface area contributed by atoms with Gasteiger partial charge in [-0.3, -0.25) is 4.79 Å². The summed E-state index contributed by atoms with van der Waals surface area (Å²) in [6.45, 7) is 12.3. The van der Waals surface area contributed by atoms with E-state index in [4.69, 9.17) is 18.9 Å². The molecular formula is C42H68O14. The van der Waals surface area contributed by atoms with E-state index < -0.39 is 97.5 Å². The fourth-order valence-corrected chi connectivity index (χ4v) is 13.8. The molecule has 6 fully saturated rings. The molecule has 2 aliphatic heterocycles. The molecule has 7 rings (SSSR count). The molecule has 0 aromatic rings. The normalized spacial score (nSPS) is 55.8. The van der Waals surface area contributed by atoms with Gasteiger partial charge in [-0.1, -0.05) is 53.2 Å². The summed E-state index contributed by atoms with van der Waals surface area (Å²) >= 11 is 0. The van der Waals surface area contributed by atoms with E-state index in [0.717, 1.165) is 38.5 Å². The maximum atomic E-state index is 14.6. The molecule has 0 radical (unpaired) electrons. The second-order valence-corrected chi connectivity index (χ2v) is 19.9. The molecule has 0 amide bonds. The van der Waals surface area contributed by atoms with Crippen LogP contribution in [0, 0.1) is 56.7 Å². The predicted octanol–water partition coefficient (Wildman–Crippen LogP) is 1.14. The Kier molecular flexibility index (Phi) is 11.5. The highest BCUT2D eigenvalue weighted by molar-refractivity contribution is 5.79. The van der Waals surface area contributed by atoms with Crippen LogP contribution in [-0.4, -0.2) is 139 Å². The molecule has 9 N–H and O–H groups in total. The summed E-state index contributed by atoms with van der Waals surface area (Å²) in [5.41, 5.74) is -0.924. The van der Waals surface area contributed by atoms with E-state index in [1.54, 1.807) is 0 Å². The molecule has 0 aromatic carbocycles. The van der Waals surface area contributed by atoms with E-state index in [9.17, 15) is 50.8 Å². The average molecular weight is 797 g/mol. The zero-order valence-electron chi connectivity index (χ0n) is 33.9. The summed E-state index contributed by atoms with van der Waals surface area (Å²) in [6, 6.07) is 0. The Bertz CT molecular complexity index is 1490. The Morgan fingerprint density at radius 1 is 0.732 bits per heavy atom. The molecule has 5 aliphatic carbocycles. The van der Waals surface area contributed by atoms with Crippen molar-refractivity contribution < 1.29 is 69.7 Å². The van der Waals surface area contributed by atoms with E-state index >= 15 is 0 Å². The van der Waals surface area contributed by atoms with E-state index in [-0.39, 0.29) is 46.5 Å². The molecular weight excluding hydrogens is 728 g/mol. The Hall–Kier alpha value is -1.27. The number of aliphatic hydroxyl groups is 9. The van der Waals surface area contributed by atoms with E-state index in [1.165, 1.54) is 5.57 Å². The van der Waals surface area contributed by atoms with Crippen LogP contribution in [0.4, 0.5) is 0 Å². The van der Waals surface area contributed by atoms with Crippen molar-refractivity contribution in [1.82, 2.24) is 0 Å². The monoisotopic (exact) mass is 796 g/mol. The minimum absolute atomic E-state index is 0.0464. The SMILES string of the molecule is C[C@H]1[C@H](C)CC[C@]2(C(=O)O[C@@H]3O[C@H](CO)[C@@H](O)[C@H](O)[C@H]3O)CC[C@]3(C)C(=CC[C@@H]4[C@@]5(C)CC[C@H](O[C@@H]6O[C@H](CO)[C@@H](O)[C@H](O)[C@H]6O)[C@@](C)(CO)[C@@H]5CC[C@]43C)[C@@H]12. The standard InChI is InChI=1S/C42H68O14/c1-20-9-14-42(37(52)56-36-34(51)32(49)30(47)24(18-44)54-36)16-15-40(5)22(28(42)21(20)2)7-8-26-38(3)12-11-27(39(4,19-45)25(38)10-13-41(26,40)6)55-35-33(50)31(48)29(46)23(17-43)53-35/h7,20-21,23-36,43-51H,8-19H2,1-6H3/t20-,21+,23-,24-,25-,26-,27+,28-,29-,30-,31+,32+,33-,34-,35+,36+,38+,39+,40-,41-,42+/m1/s1. The maximum absolute atomic E-state index is 14.6. The van der Waals surface area contributed by atoms with Gasteiger partial charge in [0.2, 0.25) is 6.29 Å². The van der Waals surface area contributed by atoms with E-state index in [2.05, 4.69) is 40.7 Å². The third-order valence-corrected chi connectivity index (χ3v) is 17.7. The van der Waals surface area contributed by atoms with Crippen LogP contribution in [0.5, 0.6) is 0 Å². The van der Waals surface area contributed by atoms with Crippen LogP contribution in [0.2, 0.25) is 0 Å². The summed E-state index contributed by atoms with van der Waals surface area (Å²) in [5.74, 6) is 0.178. The van der Waals surface area contributed by atoms with Gasteiger partial charge in [0.15, 0.2) is 6.29 Å². The minimum Gasteiger partial charge on any atom is -0.432 e. The lowest BCUT2D eigenvalue weighted by atomic mass is 9.33. The fourth-order valence-electron chi connectivity index (χ4n) is 13.8. The highest BCUT2D eigenvalue weighted by Crippen LogP contribution is 2.76. The largest absolute Gasteiger partial charge is 0.432 e. The number of fused-ring (bicyclic) bond motifs is 7. The average Bonchev–Trinajstić information content (AvgIpc) is 3.17. The first kappa shape index (κ1) is 42.8. The van der Waals surface area contributed by atoms with Crippen molar-refractivity contribution in [3.05, 3.63) is 11.6 Å². The number of aliphatic hydroxyl groups excluding tert-OH is 9. The number of esters is 1. The molecule has 2 heterocycles. The first-order valence-corrected chi connectivity index (χ1v) is 21.1. The van der Waals surface area contributed by atoms with Gasteiger partial charge in [-0.2, -0.15) is 0 Å². The number of rotatable bonds is 7. The Morgan fingerprint density at radius 3 is 1.95 bits per heavy atom. The molecule has 7 aliphatic rings. The van der Waals surface area contributed by atoms with Gasteiger partial charge in [-0.25, -0.2) is 0 Å². The van der Waals surface area contributed by atoms with Crippen molar-refractivity contribution in [1.29, 1.82) is 0 Å². The number of allylic oxidation sites excluding steroid dienone is 2. The van der Waals surface area contributed by atoms with Gasteiger partial charge in [-0.15, -0.1) is 0 Å². The molecule has 4 saturated carbocycles. The van der Waals surface area contributed by atoms with Crippen molar-refractivity contribution >= 4 is 5.97 Å². The van der Waals surface area contributed by atoms with Gasteiger partial charge < -0.3 is 64.9 Å². The van der Waals surface area contributed by atoms with Gasteiger partial charge in [0.25, 0.3) is 0 Å².